The van der Waals surface area contributed by atoms with Crippen molar-refractivity contribution in [1.82, 2.24) is 14.8 Å². The highest BCUT2D eigenvalue weighted by molar-refractivity contribution is 5.80. The summed E-state index contributed by atoms with van der Waals surface area (Å²) in [7, 11) is 0. The summed E-state index contributed by atoms with van der Waals surface area (Å²) in [5.41, 5.74) is 5.74. The molecule has 0 aromatic carbocycles. The summed E-state index contributed by atoms with van der Waals surface area (Å²) in [5.74, 6) is 1.80. The Bertz CT molecular complexity index is 398. The molecule has 5 nitrogen and oxygen atoms in total. The van der Waals surface area contributed by atoms with Crippen LogP contribution in [0.15, 0.2) is 6.33 Å². The number of carbonyl (C=O) groups excluding carboxylic acids is 1. The van der Waals surface area contributed by atoms with Gasteiger partial charge in [0.2, 0.25) is 0 Å². The van der Waals surface area contributed by atoms with Gasteiger partial charge >= 0.3 is 0 Å². The van der Waals surface area contributed by atoms with Crippen LogP contribution >= 0.6 is 0 Å². The van der Waals surface area contributed by atoms with Crippen molar-refractivity contribution in [2.75, 3.05) is 6.54 Å². The highest BCUT2D eigenvalue weighted by atomic mass is 16.1. The fraction of sp³-hybridized carbons (Fsp3) is 0.786. The molecule has 0 aliphatic carbocycles. The van der Waals surface area contributed by atoms with E-state index < -0.39 is 0 Å². The Labute approximate surface area is 115 Å². The zero-order valence-electron chi connectivity index (χ0n) is 12.5. The van der Waals surface area contributed by atoms with Crippen molar-refractivity contribution >= 4 is 5.78 Å². The molecule has 0 saturated heterocycles. The lowest BCUT2D eigenvalue weighted by Crippen LogP contribution is -2.22. The minimum absolute atomic E-state index is 0.200. The molecule has 0 amide bonds. The number of nitrogens with two attached hydrogens (primary N) is 1. The van der Waals surface area contributed by atoms with E-state index in [9.17, 15) is 4.79 Å². The first kappa shape index (κ1) is 15.8. The fourth-order valence-electron chi connectivity index (χ4n) is 2.33. The summed E-state index contributed by atoms with van der Waals surface area (Å²) in [6.07, 6.45) is 3.41. The summed E-state index contributed by atoms with van der Waals surface area (Å²) in [4.78, 5) is 16.3. The third-order valence-corrected chi connectivity index (χ3v) is 3.15. The Morgan fingerprint density at radius 3 is 2.58 bits per heavy atom. The lowest BCUT2D eigenvalue weighted by atomic mass is 9.92. The second-order valence-electron chi connectivity index (χ2n) is 5.87. The molecule has 0 saturated carbocycles. The van der Waals surface area contributed by atoms with Crippen LogP contribution in [0, 0.1) is 11.8 Å². The molecule has 0 aliphatic rings. The lowest BCUT2D eigenvalue weighted by molar-refractivity contribution is -0.119. The van der Waals surface area contributed by atoms with Gasteiger partial charge in [-0.3, -0.25) is 4.79 Å². The minimum atomic E-state index is 0.200. The molecule has 108 valence electrons. The van der Waals surface area contributed by atoms with Crippen LogP contribution in [0.3, 0.4) is 0 Å². The van der Waals surface area contributed by atoms with E-state index in [0.717, 1.165) is 12.2 Å². The number of carbonyl (C=O) groups is 1. The standard InChI is InChI=1S/C14H26N4O/c1-10(2)5-12(8-15)6-13(19)7-14-16-9-17-18(14)11(3)4/h9-12H,5-8,15H2,1-4H3. The van der Waals surface area contributed by atoms with E-state index in [2.05, 4.69) is 23.9 Å². The van der Waals surface area contributed by atoms with Crippen LogP contribution in [0.4, 0.5) is 0 Å². The van der Waals surface area contributed by atoms with Crippen LogP contribution in [0.2, 0.25) is 0 Å². The molecule has 0 fully saturated rings. The van der Waals surface area contributed by atoms with Gasteiger partial charge in [0.15, 0.2) is 0 Å². The van der Waals surface area contributed by atoms with Gasteiger partial charge in [0, 0.05) is 12.5 Å². The Balaban J connectivity index is 2.57. The quantitative estimate of drug-likeness (QED) is 0.780. The van der Waals surface area contributed by atoms with Gasteiger partial charge in [-0.1, -0.05) is 13.8 Å². The van der Waals surface area contributed by atoms with Gasteiger partial charge in [0.25, 0.3) is 0 Å². The molecule has 19 heavy (non-hydrogen) atoms. The largest absolute Gasteiger partial charge is 0.330 e. The van der Waals surface area contributed by atoms with Crippen LogP contribution < -0.4 is 5.73 Å². The topological polar surface area (TPSA) is 73.8 Å². The van der Waals surface area contributed by atoms with Crippen molar-refractivity contribution in [1.29, 1.82) is 0 Å². The van der Waals surface area contributed by atoms with E-state index in [1.54, 1.807) is 4.68 Å². The SMILES string of the molecule is CC(C)CC(CN)CC(=O)Cc1ncnn1C(C)C. The predicted molar refractivity (Wildman–Crippen MR) is 75.7 cm³/mol. The lowest BCUT2D eigenvalue weighted by Gasteiger charge is -2.16. The van der Waals surface area contributed by atoms with Crippen molar-refractivity contribution in [2.45, 2.75) is 53.0 Å². The maximum atomic E-state index is 12.1. The average molecular weight is 266 g/mol. The second-order valence-corrected chi connectivity index (χ2v) is 5.87. The monoisotopic (exact) mass is 266 g/mol. The van der Waals surface area contributed by atoms with Crippen LogP contribution in [-0.4, -0.2) is 27.1 Å². The van der Waals surface area contributed by atoms with Crippen LogP contribution in [0.1, 0.15) is 52.4 Å². The summed E-state index contributed by atoms with van der Waals surface area (Å²) in [6, 6.07) is 0.228. The number of hydrogen-bond acceptors (Lipinski definition) is 4. The molecule has 2 N–H and O–H groups in total. The fourth-order valence-corrected chi connectivity index (χ4v) is 2.33. The van der Waals surface area contributed by atoms with E-state index in [1.165, 1.54) is 6.33 Å². The third-order valence-electron chi connectivity index (χ3n) is 3.15. The van der Waals surface area contributed by atoms with E-state index in [4.69, 9.17) is 5.73 Å². The third kappa shape index (κ3) is 5.11. The highest BCUT2D eigenvalue weighted by Gasteiger charge is 2.17. The molecule has 1 rings (SSSR count). The summed E-state index contributed by atoms with van der Waals surface area (Å²) in [6.45, 7) is 8.94. The molecule has 0 spiro atoms. The van der Waals surface area contributed by atoms with Crippen LogP contribution in [-0.2, 0) is 11.2 Å². The van der Waals surface area contributed by atoms with Crippen LogP contribution in [0.25, 0.3) is 0 Å². The van der Waals surface area contributed by atoms with Gasteiger partial charge in [-0.05, 0) is 38.6 Å². The van der Waals surface area contributed by atoms with Gasteiger partial charge in [-0.25, -0.2) is 9.67 Å². The van der Waals surface area contributed by atoms with Crippen molar-refractivity contribution < 1.29 is 4.79 Å². The number of rotatable bonds is 8. The van der Waals surface area contributed by atoms with Crippen LogP contribution in [0.5, 0.6) is 0 Å². The number of aromatic nitrogens is 3. The normalized spacial score (nSPS) is 13.2. The van der Waals surface area contributed by atoms with Crippen molar-refractivity contribution in [2.24, 2.45) is 17.6 Å². The molecular formula is C14H26N4O. The van der Waals surface area contributed by atoms with Gasteiger partial charge in [-0.2, -0.15) is 5.10 Å². The summed E-state index contributed by atoms with van der Waals surface area (Å²) >= 11 is 0. The van der Waals surface area contributed by atoms with Gasteiger partial charge < -0.3 is 5.73 Å². The van der Waals surface area contributed by atoms with Crippen molar-refractivity contribution in [3.05, 3.63) is 12.2 Å². The van der Waals surface area contributed by atoms with Crippen molar-refractivity contribution in [3.63, 3.8) is 0 Å². The Hall–Kier alpha value is -1.23. The first-order valence-electron chi connectivity index (χ1n) is 7.04. The molecule has 0 bridgehead atoms. The zero-order valence-corrected chi connectivity index (χ0v) is 12.5. The zero-order chi connectivity index (χ0) is 14.4. The second kappa shape index (κ2) is 7.38. The first-order chi connectivity index (χ1) is 8.93. The molecule has 1 heterocycles. The number of Topliss-reactive ketones (excluding diaryl/α,β-unsaturated/α-hetero) is 1. The van der Waals surface area contributed by atoms with Crippen molar-refractivity contribution in [3.8, 4) is 0 Å². The highest BCUT2D eigenvalue weighted by Crippen LogP contribution is 2.16. The Morgan fingerprint density at radius 1 is 1.37 bits per heavy atom. The van der Waals surface area contributed by atoms with E-state index in [-0.39, 0.29) is 17.7 Å². The minimum Gasteiger partial charge on any atom is -0.330 e. The van der Waals surface area contributed by atoms with E-state index in [1.807, 2.05) is 13.8 Å². The summed E-state index contributed by atoms with van der Waals surface area (Å²) in [5, 5.41) is 4.15. The van der Waals surface area contributed by atoms with Gasteiger partial charge in [0.1, 0.15) is 17.9 Å². The molecule has 5 heteroatoms. The maximum Gasteiger partial charge on any atom is 0.140 e. The van der Waals surface area contributed by atoms with E-state index in [0.29, 0.717) is 25.3 Å². The predicted octanol–water partition coefficient (Wildman–Crippen LogP) is 1.98. The number of nitrogens with zero attached hydrogens (tertiary/aromatic N) is 3. The molecule has 0 aliphatic heterocycles. The smallest absolute Gasteiger partial charge is 0.140 e. The Morgan fingerprint density at radius 2 is 2.05 bits per heavy atom. The maximum absolute atomic E-state index is 12.1. The molecule has 1 aromatic heterocycles. The Kier molecular flexibility index (Phi) is 6.15. The molecular weight excluding hydrogens is 240 g/mol. The number of hydrogen-bond donors (Lipinski definition) is 1. The average Bonchev–Trinajstić information content (AvgIpc) is 2.75. The van der Waals surface area contributed by atoms with E-state index >= 15 is 0 Å². The molecule has 1 unspecified atom stereocenters. The number of ketones is 1. The first-order valence-corrected chi connectivity index (χ1v) is 7.04. The molecule has 0 radical (unpaired) electrons. The summed E-state index contributed by atoms with van der Waals surface area (Å²) < 4.78 is 1.80. The van der Waals surface area contributed by atoms with Gasteiger partial charge in [-0.15, -0.1) is 0 Å². The van der Waals surface area contributed by atoms with Gasteiger partial charge in [0.05, 0.1) is 6.42 Å². The molecule has 1 atom stereocenters. The molecule has 1 aromatic rings.